The molecule has 0 spiro atoms. The van der Waals surface area contributed by atoms with Crippen LogP contribution in [0.4, 0.5) is 5.13 Å². The Hall–Kier alpha value is -3.37. The normalized spacial score (nSPS) is 14.2. The molecule has 3 aromatic rings. The Kier molecular flexibility index (Phi) is 10.4. The van der Waals surface area contributed by atoms with E-state index >= 15 is 0 Å². The topological polar surface area (TPSA) is 91.8 Å². The molecule has 1 unspecified atom stereocenters. The van der Waals surface area contributed by atoms with Gasteiger partial charge in [0.05, 0.1) is 23.1 Å². The average Bonchev–Trinajstić information content (AvgIpc) is 3.41. The number of ether oxygens (including phenoxy) is 1. The summed E-state index contributed by atoms with van der Waals surface area (Å²) in [5.41, 5.74) is 2.31. The third-order valence-electron chi connectivity index (χ3n) is 7.58. The number of nitrogens with zero attached hydrogens (tertiary/aromatic N) is 3. The SMILES string of the molecule is COc1ccc(Sc2cnc(NC(=O)c3ccc(CCC(C)C(C)C)cc3)s2)cc1C(=O)N1CCN(C(C)=O)CC1. The molecule has 3 amide bonds. The number of hydrogen-bond acceptors (Lipinski definition) is 7. The zero-order valence-electron chi connectivity index (χ0n) is 24.3. The van der Waals surface area contributed by atoms with Gasteiger partial charge in [-0.15, -0.1) is 0 Å². The number of hydrogen-bond donors (Lipinski definition) is 1. The Labute approximate surface area is 250 Å². The van der Waals surface area contributed by atoms with Crippen molar-refractivity contribution in [1.29, 1.82) is 0 Å². The van der Waals surface area contributed by atoms with Gasteiger partial charge in [0.1, 0.15) is 5.75 Å². The quantitative estimate of drug-likeness (QED) is 0.306. The fraction of sp³-hybridized carbons (Fsp3) is 0.419. The smallest absolute Gasteiger partial charge is 0.257 e. The molecule has 10 heteroatoms. The van der Waals surface area contributed by atoms with E-state index in [1.165, 1.54) is 28.7 Å². The molecule has 1 N–H and O–H groups in total. The number of aryl methyl sites for hydroxylation is 1. The molecule has 41 heavy (non-hydrogen) atoms. The van der Waals surface area contributed by atoms with E-state index in [1.54, 1.807) is 36.1 Å². The molecule has 4 rings (SSSR count). The Balaban J connectivity index is 1.36. The number of amides is 3. The van der Waals surface area contributed by atoms with Crippen LogP contribution >= 0.6 is 23.1 Å². The van der Waals surface area contributed by atoms with Crippen LogP contribution in [-0.2, 0) is 11.2 Å². The van der Waals surface area contributed by atoms with E-state index in [1.807, 2.05) is 36.4 Å². The number of piperazine rings is 1. The van der Waals surface area contributed by atoms with Crippen LogP contribution in [-0.4, -0.2) is 65.8 Å². The summed E-state index contributed by atoms with van der Waals surface area (Å²) in [7, 11) is 1.55. The highest BCUT2D eigenvalue weighted by Gasteiger charge is 2.25. The summed E-state index contributed by atoms with van der Waals surface area (Å²) in [6.45, 7) is 10.3. The van der Waals surface area contributed by atoms with Crippen LogP contribution in [0.3, 0.4) is 0 Å². The summed E-state index contributed by atoms with van der Waals surface area (Å²) in [6, 6.07) is 13.3. The van der Waals surface area contributed by atoms with Crippen LogP contribution in [0.25, 0.3) is 0 Å². The zero-order chi connectivity index (χ0) is 29.5. The minimum Gasteiger partial charge on any atom is -0.496 e. The monoisotopic (exact) mass is 594 g/mol. The summed E-state index contributed by atoms with van der Waals surface area (Å²) >= 11 is 2.85. The second-order valence-corrected chi connectivity index (χ2v) is 13.1. The van der Waals surface area contributed by atoms with E-state index < -0.39 is 0 Å². The summed E-state index contributed by atoms with van der Waals surface area (Å²) < 4.78 is 6.36. The molecule has 1 aliphatic rings. The molecular weight excluding hydrogens is 556 g/mol. The second-order valence-electron chi connectivity index (χ2n) is 10.7. The summed E-state index contributed by atoms with van der Waals surface area (Å²) in [6.07, 6.45) is 3.85. The van der Waals surface area contributed by atoms with Gasteiger partial charge in [-0.2, -0.15) is 0 Å². The predicted octanol–water partition coefficient (Wildman–Crippen LogP) is 6.08. The van der Waals surface area contributed by atoms with E-state index in [2.05, 4.69) is 31.1 Å². The first-order valence-electron chi connectivity index (χ1n) is 13.9. The molecule has 0 bridgehead atoms. The molecule has 2 heterocycles. The van der Waals surface area contributed by atoms with Gasteiger partial charge in [-0.25, -0.2) is 4.98 Å². The summed E-state index contributed by atoms with van der Waals surface area (Å²) in [5.74, 6) is 1.54. The van der Waals surface area contributed by atoms with Crippen molar-refractivity contribution in [2.45, 2.75) is 49.6 Å². The van der Waals surface area contributed by atoms with E-state index in [0.717, 1.165) is 21.9 Å². The number of methoxy groups -OCH3 is 1. The molecule has 1 aliphatic heterocycles. The lowest BCUT2D eigenvalue weighted by atomic mass is 9.91. The van der Waals surface area contributed by atoms with Gasteiger partial charge in [-0.05, 0) is 60.6 Å². The number of carbonyl (C=O) groups is 3. The fourth-order valence-electron chi connectivity index (χ4n) is 4.51. The molecule has 218 valence electrons. The predicted molar refractivity (Wildman–Crippen MR) is 164 cm³/mol. The Morgan fingerprint density at radius 1 is 1.02 bits per heavy atom. The lowest BCUT2D eigenvalue weighted by Crippen LogP contribution is -2.50. The third-order valence-corrected chi connectivity index (χ3v) is 9.58. The van der Waals surface area contributed by atoms with Crippen molar-refractivity contribution >= 4 is 46.0 Å². The Morgan fingerprint density at radius 3 is 2.34 bits per heavy atom. The highest BCUT2D eigenvalue weighted by atomic mass is 32.2. The van der Waals surface area contributed by atoms with Gasteiger partial charge in [0.15, 0.2) is 5.13 Å². The third kappa shape index (κ3) is 8.10. The van der Waals surface area contributed by atoms with Gasteiger partial charge in [0, 0.05) is 43.6 Å². The minimum absolute atomic E-state index is 0.0216. The largest absolute Gasteiger partial charge is 0.496 e. The maximum Gasteiger partial charge on any atom is 0.257 e. The maximum absolute atomic E-state index is 13.3. The van der Waals surface area contributed by atoms with Crippen molar-refractivity contribution in [2.24, 2.45) is 11.8 Å². The van der Waals surface area contributed by atoms with Crippen LogP contribution < -0.4 is 10.1 Å². The van der Waals surface area contributed by atoms with Crippen LogP contribution in [0, 0.1) is 11.8 Å². The number of thiazole rings is 1. The van der Waals surface area contributed by atoms with Crippen molar-refractivity contribution in [3.05, 3.63) is 65.4 Å². The van der Waals surface area contributed by atoms with Gasteiger partial charge < -0.3 is 14.5 Å². The van der Waals surface area contributed by atoms with Crippen molar-refractivity contribution < 1.29 is 19.1 Å². The highest BCUT2D eigenvalue weighted by Crippen LogP contribution is 2.36. The molecule has 1 aromatic heterocycles. The average molecular weight is 595 g/mol. The number of aromatic nitrogens is 1. The minimum atomic E-state index is -0.194. The lowest BCUT2D eigenvalue weighted by Gasteiger charge is -2.34. The number of rotatable bonds is 10. The molecule has 1 fully saturated rings. The summed E-state index contributed by atoms with van der Waals surface area (Å²) in [4.78, 5) is 46.5. The van der Waals surface area contributed by atoms with Crippen molar-refractivity contribution in [3.8, 4) is 5.75 Å². The van der Waals surface area contributed by atoms with Gasteiger partial charge >= 0.3 is 0 Å². The van der Waals surface area contributed by atoms with E-state index in [0.29, 0.717) is 60.0 Å². The van der Waals surface area contributed by atoms with Crippen LogP contribution in [0.5, 0.6) is 5.75 Å². The van der Waals surface area contributed by atoms with Gasteiger partial charge in [0.2, 0.25) is 5.91 Å². The zero-order valence-corrected chi connectivity index (χ0v) is 25.9. The number of benzene rings is 2. The van der Waals surface area contributed by atoms with Gasteiger partial charge in [-0.3, -0.25) is 19.7 Å². The molecule has 0 saturated carbocycles. The van der Waals surface area contributed by atoms with E-state index in [9.17, 15) is 14.4 Å². The van der Waals surface area contributed by atoms with Crippen molar-refractivity contribution in [2.75, 3.05) is 38.6 Å². The molecular formula is C31H38N4O4S2. The summed E-state index contributed by atoms with van der Waals surface area (Å²) in [5, 5.41) is 3.41. The number of anilines is 1. The number of nitrogens with one attached hydrogen (secondary N) is 1. The van der Waals surface area contributed by atoms with Crippen molar-refractivity contribution in [3.63, 3.8) is 0 Å². The molecule has 0 aliphatic carbocycles. The highest BCUT2D eigenvalue weighted by molar-refractivity contribution is 8.01. The van der Waals surface area contributed by atoms with Crippen LogP contribution in [0.2, 0.25) is 0 Å². The Morgan fingerprint density at radius 2 is 1.71 bits per heavy atom. The fourth-order valence-corrected chi connectivity index (χ4v) is 6.40. The van der Waals surface area contributed by atoms with Gasteiger partial charge in [0.25, 0.3) is 11.8 Å². The molecule has 0 radical (unpaired) electrons. The first-order valence-corrected chi connectivity index (χ1v) is 15.5. The van der Waals surface area contributed by atoms with E-state index in [4.69, 9.17) is 4.74 Å². The molecule has 8 nitrogen and oxygen atoms in total. The first-order chi connectivity index (χ1) is 19.6. The van der Waals surface area contributed by atoms with Crippen molar-refractivity contribution in [1.82, 2.24) is 14.8 Å². The molecule has 1 saturated heterocycles. The number of carbonyl (C=O) groups excluding carboxylic acids is 3. The maximum atomic E-state index is 13.3. The lowest BCUT2D eigenvalue weighted by molar-refractivity contribution is -0.130. The van der Waals surface area contributed by atoms with Crippen LogP contribution in [0.15, 0.2) is 57.8 Å². The standard InChI is InChI=1S/C31H38N4O4S2/c1-20(2)21(3)6-7-23-8-10-24(11-9-23)29(37)33-31-32-19-28(41-31)40-25-12-13-27(39-5)26(18-25)30(38)35-16-14-34(15-17-35)22(4)36/h8-13,18-21H,6-7,14-17H2,1-5H3,(H,32,33,37). The van der Waals surface area contributed by atoms with Gasteiger partial charge in [-0.1, -0.05) is 56.0 Å². The second kappa shape index (κ2) is 14.0. The van der Waals surface area contributed by atoms with E-state index in [-0.39, 0.29) is 17.7 Å². The Bertz CT molecular complexity index is 1360. The molecule has 1 atom stereocenters. The van der Waals surface area contributed by atoms with Crippen LogP contribution in [0.1, 0.15) is 60.4 Å². The first kappa shape index (κ1) is 30.6. The molecule has 2 aromatic carbocycles.